The number of carbonyl (C=O) groups excluding carboxylic acids is 1. The molecule has 0 atom stereocenters. The van der Waals surface area contributed by atoms with E-state index in [0.29, 0.717) is 22.6 Å². The number of hydrogen-bond acceptors (Lipinski definition) is 6. The zero-order valence-electron chi connectivity index (χ0n) is 15.4. The van der Waals surface area contributed by atoms with Gasteiger partial charge in [0.2, 0.25) is 0 Å². The molecule has 0 aliphatic carbocycles. The number of methoxy groups -OCH3 is 1. The monoisotopic (exact) mass is 368 g/mol. The van der Waals surface area contributed by atoms with Gasteiger partial charge in [-0.3, -0.25) is 0 Å². The molecule has 0 bridgehead atoms. The van der Waals surface area contributed by atoms with Crippen molar-refractivity contribution in [2.75, 3.05) is 13.7 Å². The highest BCUT2D eigenvalue weighted by molar-refractivity contribution is 5.82. The molecule has 0 unspecified atom stereocenters. The lowest BCUT2D eigenvalue weighted by Gasteiger charge is -2.10. The summed E-state index contributed by atoms with van der Waals surface area (Å²) in [7, 11) is 1.57. The maximum absolute atomic E-state index is 12.0. The first-order valence-electron chi connectivity index (χ1n) is 8.42. The fraction of sp³-hybridized carbons (Fsp3) is 0.238. The second kappa shape index (κ2) is 7.95. The number of fused-ring (bicyclic) bond motifs is 1. The standard InChI is InChI=1S/C21H20O6/c1-13-8-18-15(10-20(22)27-19(18)9-14(13)2)11-26-21(23)12-25-17-6-4-16(24-3)5-7-17/h4-10H,11-12H2,1-3H3. The van der Waals surface area contributed by atoms with Crippen molar-refractivity contribution in [2.24, 2.45) is 0 Å². The van der Waals surface area contributed by atoms with Gasteiger partial charge in [0.05, 0.1) is 7.11 Å². The lowest BCUT2D eigenvalue weighted by Crippen LogP contribution is -2.15. The Labute approximate surface area is 156 Å². The summed E-state index contributed by atoms with van der Waals surface area (Å²) < 4.78 is 21.0. The number of carbonyl (C=O) groups is 1. The summed E-state index contributed by atoms with van der Waals surface area (Å²) in [6, 6.07) is 11.9. The lowest BCUT2D eigenvalue weighted by atomic mass is 10.0. The van der Waals surface area contributed by atoms with Gasteiger partial charge in [-0.05, 0) is 61.4 Å². The molecule has 3 rings (SSSR count). The molecular formula is C21H20O6. The Morgan fingerprint density at radius 3 is 2.37 bits per heavy atom. The zero-order valence-corrected chi connectivity index (χ0v) is 15.4. The van der Waals surface area contributed by atoms with Gasteiger partial charge in [-0.2, -0.15) is 0 Å². The molecule has 0 saturated carbocycles. The van der Waals surface area contributed by atoms with Crippen LogP contribution in [0.1, 0.15) is 16.7 Å². The number of ether oxygens (including phenoxy) is 3. The van der Waals surface area contributed by atoms with Crippen LogP contribution in [0.3, 0.4) is 0 Å². The van der Waals surface area contributed by atoms with Crippen molar-refractivity contribution in [3.63, 3.8) is 0 Å². The molecule has 0 radical (unpaired) electrons. The minimum absolute atomic E-state index is 0.0323. The Morgan fingerprint density at radius 1 is 1.00 bits per heavy atom. The zero-order chi connectivity index (χ0) is 19.4. The Hall–Kier alpha value is -3.28. The molecule has 27 heavy (non-hydrogen) atoms. The van der Waals surface area contributed by atoms with Gasteiger partial charge in [-0.1, -0.05) is 0 Å². The lowest BCUT2D eigenvalue weighted by molar-refractivity contribution is -0.147. The summed E-state index contributed by atoms with van der Waals surface area (Å²) in [5.41, 5.74) is 2.68. The number of rotatable bonds is 6. The van der Waals surface area contributed by atoms with Crippen molar-refractivity contribution in [1.82, 2.24) is 0 Å². The molecule has 2 aromatic carbocycles. The van der Waals surface area contributed by atoms with E-state index in [1.54, 1.807) is 31.4 Å². The van der Waals surface area contributed by atoms with Crippen LogP contribution < -0.4 is 15.1 Å². The van der Waals surface area contributed by atoms with E-state index in [4.69, 9.17) is 18.6 Å². The van der Waals surface area contributed by atoms with E-state index in [2.05, 4.69) is 0 Å². The summed E-state index contributed by atoms with van der Waals surface area (Å²) in [6.07, 6.45) is 0. The van der Waals surface area contributed by atoms with E-state index in [1.807, 2.05) is 26.0 Å². The van der Waals surface area contributed by atoms with Crippen molar-refractivity contribution < 1.29 is 23.4 Å². The van der Waals surface area contributed by atoms with Gasteiger partial charge >= 0.3 is 11.6 Å². The van der Waals surface area contributed by atoms with Crippen LogP contribution in [-0.4, -0.2) is 19.7 Å². The first-order chi connectivity index (χ1) is 13.0. The quantitative estimate of drug-likeness (QED) is 0.489. The third-order valence-electron chi connectivity index (χ3n) is 4.25. The van der Waals surface area contributed by atoms with Gasteiger partial charge in [0.25, 0.3) is 0 Å². The molecule has 0 fully saturated rings. The van der Waals surface area contributed by atoms with Gasteiger partial charge < -0.3 is 18.6 Å². The summed E-state index contributed by atoms with van der Waals surface area (Å²) in [6.45, 7) is 3.65. The molecule has 140 valence electrons. The Bertz CT molecular complexity index is 1020. The normalized spacial score (nSPS) is 10.6. The molecule has 6 nitrogen and oxygen atoms in total. The number of aryl methyl sites for hydroxylation is 2. The summed E-state index contributed by atoms with van der Waals surface area (Å²) in [5.74, 6) is 0.700. The first-order valence-corrected chi connectivity index (χ1v) is 8.42. The second-order valence-electron chi connectivity index (χ2n) is 6.15. The van der Waals surface area contributed by atoms with Gasteiger partial charge in [-0.25, -0.2) is 9.59 Å². The third kappa shape index (κ3) is 4.47. The van der Waals surface area contributed by atoms with Crippen LogP contribution >= 0.6 is 0 Å². The molecule has 0 N–H and O–H groups in total. The van der Waals surface area contributed by atoms with Gasteiger partial charge in [0.1, 0.15) is 23.7 Å². The molecule has 0 aliphatic rings. The van der Waals surface area contributed by atoms with Gasteiger partial charge in [0.15, 0.2) is 6.61 Å². The maximum atomic E-state index is 12.0. The minimum Gasteiger partial charge on any atom is -0.497 e. The Kier molecular flexibility index (Phi) is 5.45. The predicted molar refractivity (Wildman–Crippen MR) is 100 cm³/mol. The second-order valence-corrected chi connectivity index (χ2v) is 6.15. The molecule has 1 heterocycles. The Morgan fingerprint density at radius 2 is 1.67 bits per heavy atom. The van der Waals surface area contributed by atoms with E-state index in [-0.39, 0.29) is 13.2 Å². The molecule has 6 heteroatoms. The van der Waals surface area contributed by atoms with Crippen molar-refractivity contribution in [3.8, 4) is 11.5 Å². The predicted octanol–water partition coefficient (Wildman–Crippen LogP) is 3.54. The van der Waals surface area contributed by atoms with Crippen LogP contribution in [-0.2, 0) is 16.1 Å². The highest BCUT2D eigenvalue weighted by atomic mass is 16.6. The highest BCUT2D eigenvalue weighted by Crippen LogP contribution is 2.22. The van der Waals surface area contributed by atoms with Crippen molar-refractivity contribution in [2.45, 2.75) is 20.5 Å². The highest BCUT2D eigenvalue weighted by Gasteiger charge is 2.11. The number of esters is 1. The van der Waals surface area contributed by atoms with E-state index in [9.17, 15) is 9.59 Å². The van der Waals surface area contributed by atoms with Crippen molar-refractivity contribution in [1.29, 1.82) is 0 Å². The maximum Gasteiger partial charge on any atom is 0.344 e. The molecule has 0 spiro atoms. The van der Waals surface area contributed by atoms with Crippen LogP contribution in [0.4, 0.5) is 0 Å². The molecule has 1 aromatic heterocycles. The van der Waals surface area contributed by atoms with Crippen molar-refractivity contribution >= 4 is 16.9 Å². The van der Waals surface area contributed by atoms with Crippen LogP contribution in [0.25, 0.3) is 11.0 Å². The topological polar surface area (TPSA) is 75.0 Å². The van der Waals surface area contributed by atoms with E-state index in [1.165, 1.54) is 6.07 Å². The largest absolute Gasteiger partial charge is 0.497 e. The third-order valence-corrected chi connectivity index (χ3v) is 4.25. The van der Waals surface area contributed by atoms with Gasteiger partial charge in [-0.15, -0.1) is 0 Å². The van der Waals surface area contributed by atoms with E-state index < -0.39 is 11.6 Å². The minimum atomic E-state index is -0.531. The average Bonchev–Trinajstić information content (AvgIpc) is 2.66. The average molecular weight is 368 g/mol. The van der Waals surface area contributed by atoms with Crippen LogP contribution in [0, 0.1) is 13.8 Å². The number of benzene rings is 2. The van der Waals surface area contributed by atoms with Crippen LogP contribution in [0.2, 0.25) is 0 Å². The van der Waals surface area contributed by atoms with Crippen LogP contribution in [0.5, 0.6) is 11.5 Å². The molecular weight excluding hydrogens is 348 g/mol. The fourth-order valence-electron chi connectivity index (χ4n) is 2.62. The van der Waals surface area contributed by atoms with E-state index >= 15 is 0 Å². The van der Waals surface area contributed by atoms with Crippen molar-refractivity contribution in [3.05, 3.63) is 69.6 Å². The first kappa shape index (κ1) is 18.5. The smallest absolute Gasteiger partial charge is 0.344 e. The molecule has 0 amide bonds. The SMILES string of the molecule is COc1ccc(OCC(=O)OCc2cc(=O)oc3cc(C)c(C)cc23)cc1. The molecule has 0 aliphatic heterocycles. The molecule has 0 saturated heterocycles. The molecule has 3 aromatic rings. The number of hydrogen-bond donors (Lipinski definition) is 0. The van der Waals surface area contributed by atoms with E-state index in [0.717, 1.165) is 16.5 Å². The Balaban J connectivity index is 1.66. The fourth-order valence-corrected chi connectivity index (χ4v) is 2.62. The van der Waals surface area contributed by atoms with Gasteiger partial charge in [0, 0.05) is 17.0 Å². The summed E-state index contributed by atoms with van der Waals surface area (Å²) in [5, 5.41) is 0.751. The summed E-state index contributed by atoms with van der Waals surface area (Å²) in [4.78, 5) is 23.7. The van der Waals surface area contributed by atoms with Crippen LogP contribution in [0.15, 0.2) is 51.7 Å². The summed E-state index contributed by atoms with van der Waals surface area (Å²) >= 11 is 0.